The van der Waals surface area contributed by atoms with E-state index in [1.54, 1.807) is 0 Å². The second kappa shape index (κ2) is 44.0. The van der Waals surface area contributed by atoms with Crippen LogP contribution in [0.1, 0.15) is 248 Å². The standard InChI is InChI=1S/3C8H18.3C7H16/c1-5-8(4)6-7(2)3;1-5-7(3)8(4)6-2;1-4-6-7-8(3)5-2;1-5-6-7(2,3)4;1-4-5-6-7(2)3;1-4-6-7(3)5-2/h2*7-8H,5-6H2,1-4H3;8H,4-7H2,1-3H3;5-6H2,1-4H3;2*7H,4-6H2,1-3H3. The molecule has 0 aromatic rings. The van der Waals surface area contributed by atoms with E-state index in [0.29, 0.717) is 5.41 Å². The van der Waals surface area contributed by atoms with E-state index < -0.39 is 0 Å². The van der Waals surface area contributed by atoms with Gasteiger partial charge in [0, 0.05) is 0 Å². The molecule has 0 fully saturated rings. The van der Waals surface area contributed by atoms with E-state index in [1.807, 2.05) is 0 Å². The third-order valence-electron chi connectivity index (χ3n) is 9.19. The molecule has 282 valence electrons. The largest absolute Gasteiger partial charge is 0.0654 e. The zero-order chi connectivity index (χ0) is 36.9. The van der Waals surface area contributed by atoms with Gasteiger partial charge in [-0.15, -0.1) is 0 Å². The van der Waals surface area contributed by atoms with Crippen LogP contribution in [0.25, 0.3) is 0 Å². The van der Waals surface area contributed by atoms with Crippen molar-refractivity contribution in [3.63, 3.8) is 0 Å². The Bertz CT molecular complexity index is 445. The lowest BCUT2D eigenvalue weighted by Gasteiger charge is -2.15. The maximum absolute atomic E-state index is 2.33. The summed E-state index contributed by atoms with van der Waals surface area (Å²) in [6.07, 6.45) is 21.8. The smallest absolute Gasteiger partial charge is 0.0383 e. The van der Waals surface area contributed by atoms with Crippen LogP contribution in [0.4, 0.5) is 0 Å². The molecule has 0 aliphatic carbocycles. The van der Waals surface area contributed by atoms with Gasteiger partial charge in [0.1, 0.15) is 0 Å². The second-order valence-corrected chi connectivity index (χ2v) is 16.7. The molecule has 0 aromatic heterocycles. The zero-order valence-electron chi connectivity index (χ0n) is 36.9. The van der Waals surface area contributed by atoms with Crippen molar-refractivity contribution < 1.29 is 0 Å². The van der Waals surface area contributed by atoms with Gasteiger partial charge in [0.15, 0.2) is 0 Å². The van der Waals surface area contributed by atoms with E-state index in [4.69, 9.17) is 0 Å². The first-order chi connectivity index (χ1) is 20.8. The van der Waals surface area contributed by atoms with Crippen molar-refractivity contribution in [1.29, 1.82) is 0 Å². The Hall–Kier alpha value is 0. The Kier molecular flexibility index (Phi) is 56.0. The Morgan fingerprint density at radius 1 is 0.378 bits per heavy atom. The summed E-state index contributed by atoms with van der Waals surface area (Å²) in [5.74, 6) is 6.44. The lowest BCUT2D eigenvalue weighted by Crippen LogP contribution is -2.04. The molecule has 0 aromatic carbocycles. The first kappa shape index (κ1) is 57.3. The molecule has 0 rings (SSSR count). The molecule has 0 amide bonds. The molecular weight excluding hydrogens is 540 g/mol. The Labute approximate surface area is 294 Å². The molecule has 0 aliphatic heterocycles. The molecule has 5 unspecified atom stereocenters. The van der Waals surface area contributed by atoms with Gasteiger partial charge < -0.3 is 0 Å². The number of hydrogen-bond donors (Lipinski definition) is 0. The summed E-state index contributed by atoms with van der Waals surface area (Å²) < 4.78 is 0. The van der Waals surface area contributed by atoms with Gasteiger partial charge >= 0.3 is 0 Å². The van der Waals surface area contributed by atoms with Gasteiger partial charge in [-0.25, -0.2) is 0 Å². The highest BCUT2D eigenvalue weighted by atomic mass is 14.1. The Morgan fingerprint density at radius 3 is 0.911 bits per heavy atom. The SMILES string of the molecule is CCC(C)C(C)CC.CCC(C)CC(C)C.CCCC(C)(C)C.CCCC(C)CC.CCCCC(C)C.CCCCC(C)CC. The molecular formula is C45H102. The van der Waals surface area contributed by atoms with E-state index in [9.17, 15) is 0 Å². The Balaban J connectivity index is -0.000000102. The number of rotatable bonds is 17. The average Bonchev–Trinajstić information content (AvgIpc) is 2.98. The van der Waals surface area contributed by atoms with Gasteiger partial charge in [-0.05, 0) is 59.7 Å². The molecule has 0 heterocycles. The van der Waals surface area contributed by atoms with Crippen molar-refractivity contribution in [2.24, 2.45) is 46.8 Å². The van der Waals surface area contributed by atoms with Crippen LogP contribution in [0.2, 0.25) is 0 Å². The van der Waals surface area contributed by atoms with E-state index in [2.05, 4.69) is 145 Å². The van der Waals surface area contributed by atoms with Crippen LogP contribution in [0, 0.1) is 46.8 Å². The van der Waals surface area contributed by atoms with Gasteiger partial charge in [0.05, 0.1) is 0 Å². The third-order valence-corrected chi connectivity index (χ3v) is 9.19. The maximum atomic E-state index is 2.33. The summed E-state index contributed by atoms with van der Waals surface area (Å²) in [6.45, 7) is 47.8. The predicted molar refractivity (Wildman–Crippen MR) is 220 cm³/mol. The zero-order valence-corrected chi connectivity index (χ0v) is 36.9. The molecule has 0 spiro atoms. The van der Waals surface area contributed by atoms with Crippen LogP contribution in [-0.2, 0) is 0 Å². The van der Waals surface area contributed by atoms with Crippen LogP contribution in [0.3, 0.4) is 0 Å². The fraction of sp³-hybridized carbons (Fsp3) is 1.00. The maximum Gasteiger partial charge on any atom is -0.0383 e. The minimum atomic E-state index is 0.550. The molecule has 0 nitrogen and oxygen atoms in total. The topological polar surface area (TPSA) is 0 Å². The summed E-state index contributed by atoms with van der Waals surface area (Å²) in [5, 5.41) is 0. The van der Waals surface area contributed by atoms with Crippen LogP contribution < -0.4 is 0 Å². The molecule has 0 saturated carbocycles. The van der Waals surface area contributed by atoms with Crippen molar-refractivity contribution in [2.75, 3.05) is 0 Å². The highest BCUT2D eigenvalue weighted by Crippen LogP contribution is 2.19. The van der Waals surface area contributed by atoms with Crippen molar-refractivity contribution in [3.05, 3.63) is 0 Å². The monoisotopic (exact) mass is 643 g/mol. The molecule has 0 heteroatoms. The van der Waals surface area contributed by atoms with Gasteiger partial charge in [0.2, 0.25) is 0 Å². The molecule has 0 bridgehead atoms. The van der Waals surface area contributed by atoms with Gasteiger partial charge in [-0.3, -0.25) is 0 Å². The second-order valence-electron chi connectivity index (χ2n) is 16.7. The fourth-order valence-electron chi connectivity index (χ4n) is 4.59. The first-order valence-electron chi connectivity index (χ1n) is 20.8. The molecule has 0 saturated heterocycles. The van der Waals surface area contributed by atoms with Crippen molar-refractivity contribution in [2.45, 2.75) is 248 Å². The summed E-state index contributed by atoms with van der Waals surface area (Å²) >= 11 is 0. The van der Waals surface area contributed by atoms with Gasteiger partial charge in [0.25, 0.3) is 0 Å². The minimum Gasteiger partial charge on any atom is -0.0654 e. The van der Waals surface area contributed by atoms with Gasteiger partial charge in [-0.2, -0.15) is 0 Å². The molecule has 0 N–H and O–H groups in total. The van der Waals surface area contributed by atoms with Gasteiger partial charge in [-0.1, -0.05) is 235 Å². The first-order valence-corrected chi connectivity index (χ1v) is 20.8. The van der Waals surface area contributed by atoms with E-state index in [1.165, 1.54) is 103 Å². The lowest BCUT2D eigenvalue weighted by molar-refractivity contribution is 0.367. The molecule has 0 aliphatic rings. The van der Waals surface area contributed by atoms with E-state index >= 15 is 0 Å². The molecule has 0 radical (unpaired) electrons. The minimum absolute atomic E-state index is 0.550. The Morgan fingerprint density at radius 2 is 0.756 bits per heavy atom. The predicted octanol–water partition coefficient (Wildman–Crippen LogP) is 17.9. The summed E-state index contributed by atoms with van der Waals surface area (Å²) in [4.78, 5) is 0. The van der Waals surface area contributed by atoms with Crippen LogP contribution in [0.5, 0.6) is 0 Å². The number of unbranched alkanes of at least 4 members (excludes halogenated alkanes) is 2. The molecule has 5 atom stereocenters. The lowest BCUT2D eigenvalue weighted by atomic mass is 9.91. The van der Waals surface area contributed by atoms with Crippen LogP contribution >= 0.6 is 0 Å². The summed E-state index contributed by atoms with van der Waals surface area (Å²) in [5.41, 5.74) is 0.550. The fourth-order valence-corrected chi connectivity index (χ4v) is 4.59. The summed E-state index contributed by atoms with van der Waals surface area (Å²) in [7, 11) is 0. The highest BCUT2D eigenvalue weighted by Gasteiger charge is 2.06. The normalized spacial score (nSPS) is 13.9. The van der Waals surface area contributed by atoms with Crippen LogP contribution in [0.15, 0.2) is 0 Å². The van der Waals surface area contributed by atoms with E-state index in [0.717, 1.165) is 41.4 Å². The van der Waals surface area contributed by atoms with Crippen molar-refractivity contribution in [3.8, 4) is 0 Å². The summed E-state index contributed by atoms with van der Waals surface area (Å²) in [6, 6.07) is 0. The third kappa shape index (κ3) is 71.3. The van der Waals surface area contributed by atoms with Crippen LogP contribution in [-0.4, -0.2) is 0 Å². The van der Waals surface area contributed by atoms with Crippen molar-refractivity contribution >= 4 is 0 Å². The average molecular weight is 643 g/mol. The molecule has 45 heavy (non-hydrogen) atoms. The van der Waals surface area contributed by atoms with E-state index in [-0.39, 0.29) is 0 Å². The van der Waals surface area contributed by atoms with Crippen molar-refractivity contribution in [1.82, 2.24) is 0 Å². The highest BCUT2D eigenvalue weighted by molar-refractivity contribution is 4.58. The number of hydrogen-bond acceptors (Lipinski definition) is 0. The quantitative estimate of drug-likeness (QED) is 0.148.